The highest BCUT2D eigenvalue weighted by Gasteiger charge is 2.15. The van der Waals surface area contributed by atoms with Crippen LogP contribution in [0.3, 0.4) is 0 Å². The van der Waals surface area contributed by atoms with Gasteiger partial charge < -0.3 is 4.98 Å². The van der Waals surface area contributed by atoms with Crippen LogP contribution >= 0.6 is 0 Å². The van der Waals surface area contributed by atoms with E-state index in [-0.39, 0.29) is 0 Å². The van der Waals surface area contributed by atoms with Crippen molar-refractivity contribution in [3.05, 3.63) is 102 Å². The van der Waals surface area contributed by atoms with Gasteiger partial charge >= 0.3 is 0 Å². The van der Waals surface area contributed by atoms with E-state index in [0.29, 0.717) is 0 Å². The van der Waals surface area contributed by atoms with Gasteiger partial charge in [0.2, 0.25) is 0 Å². The fourth-order valence-electron chi connectivity index (χ4n) is 3.50. The fourth-order valence-corrected chi connectivity index (χ4v) is 3.50. The highest BCUT2D eigenvalue weighted by atomic mass is 16.1. The van der Waals surface area contributed by atoms with Gasteiger partial charge in [-0.15, -0.1) is 0 Å². The van der Waals surface area contributed by atoms with Crippen molar-refractivity contribution in [2.24, 2.45) is 0 Å². The number of H-pyrrole nitrogens is 1. The fraction of sp³-hybridized carbons (Fsp3) is 0.0714. The maximum Gasteiger partial charge on any atom is 0.142 e. The van der Waals surface area contributed by atoms with Crippen molar-refractivity contribution in [2.75, 3.05) is 0 Å². The summed E-state index contributed by atoms with van der Waals surface area (Å²) in [7, 11) is 0. The number of hydrogen-bond donors (Lipinski definition) is 1. The third kappa shape index (κ3) is 4.62. The van der Waals surface area contributed by atoms with Crippen LogP contribution in [0, 0.1) is 6.92 Å². The Bertz CT molecular complexity index is 1230. The largest absolute Gasteiger partial charge is 0.337 e. The van der Waals surface area contributed by atoms with Gasteiger partial charge in [-0.05, 0) is 31.1 Å². The maximum absolute atomic E-state index is 10.6. The van der Waals surface area contributed by atoms with Crippen LogP contribution in [0.15, 0.2) is 84.9 Å². The summed E-state index contributed by atoms with van der Waals surface area (Å²) in [5.74, 6) is 0.840. The van der Waals surface area contributed by atoms with E-state index < -0.39 is 0 Å². The molecular formula is C28H24N2O. The zero-order valence-electron chi connectivity index (χ0n) is 17.7. The van der Waals surface area contributed by atoms with Crippen molar-refractivity contribution < 1.29 is 4.79 Å². The summed E-state index contributed by atoms with van der Waals surface area (Å²) in [6, 6.07) is 24.9. The summed E-state index contributed by atoms with van der Waals surface area (Å²) in [4.78, 5) is 19.1. The number of carbonyl (C=O) groups is 1. The van der Waals surface area contributed by atoms with Crippen LogP contribution in [-0.2, 0) is 4.79 Å². The van der Waals surface area contributed by atoms with Crippen LogP contribution in [0.1, 0.15) is 23.6 Å². The topological polar surface area (TPSA) is 45.8 Å². The van der Waals surface area contributed by atoms with E-state index >= 15 is 0 Å². The minimum absolute atomic E-state index is 0.783. The van der Waals surface area contributed by atoms with Crippen molar-refractivity contribution in [3.8, 4) is 33.9 Å². The summed E-state index contributed by atoms with van der Waals surface area (Å²) >= 11 is 0. The second kappa shape index (κ2) is 9.23. The van der Waals surface area contributed by atoms with Crippen molar-refractivity contribution in [3.63, 3.8) is 0 Å². The summed E-state index contributed by atoms with van der Waals surface area (Å²) in [6.45, 7) is 4.10. The Hall–Kier alpha value is -3.98. The summed E-state index contributed by atoms with van der Waals surface area (Å²) in [5.41, 5.74) is 8.40. The van der Waals surface area contributed by atoms with Crippen molar-refractivity contribution in [1.29, 1.82) is 0 Å². The Balaban J connectivity index is 1.80. The number of aromatic nitrogens is 2. The van der Waals surface area contributed by atoms with E-state index in [0.717, 1.165) is 51.3 Å². The number of nitrogens with one attached hydrogen (secondary N) is 1. The molecule has 1 heterocycles. The predicted molar refractivity (Wildman–Crippen MR) is 129 cm³/mol. The molecule has 0 unspecified atom stereocenters. The summed E-state index contributed by atoms with van der Waals surface area (Å²) in [5, 5.41) is 0. The summed E-state index contributed by atoms with van der Waals surface area (Å²) in [6.07, 6.45) is 8.19. The lowest BCUT2D eigenvalue weighted by atomic mass is 10.0. The molecule has 0 fully saturated rings. The molecule has 4 rings (SSSR count). The molecule has 3 aromatic carbocycles. The lowest BCUT2D eigenvalue weighted by Crippen LogP contribution is -1.85. The number of aryl methyl sites for hydroxylation is 1. The molecule has 1 N–H and O–H groups in total. The maximum atomic E-state index is 10.6. The number of imidazole rings is 1. The first-order valence-corrected chi connectivity index (χ1v) is 10.3. The normalized spacial score (nSPS) is 11.4. The van der Waals surface area contributed by atoms with Gasteiger partial charge in [-0.2, -0.15) is 0 Å². The molecule has 0 radical (unpaired) electrons. The zero-order chi connectivity index (χ0) is 21.6. The average Bonchev–Trinajstić information content (AvgIpc) is 3.25. The van der Waals surface area contributed by atoms with Crippen molar-refractivity contribution in [1.82, 2.24) is 9.97 Å². The van der Waals surface area contributed by atoms with Gasteiger partial charge in [-0.1, -0.05) is 96.6 Å². The molecule has 0 amide bonds. The van der Waals surface area contributed by atoms with Crippen LogP contribution in [-0.4, -0.2) is 16.3 Å². The Morgan fingerprint density at radius 3 is 1.94 bits per heavy atom. The molecule has 3 nitrogen and oxygen atoms in total. The minimum Gasteiger partial charge on any atom is -0.337 e. The Kier molecular flexibility index (Phi) is 6.04. The first kappa shape index (κ1) is 20.3. The van der Waals surface area contributed by atoms with Crippen molar-refractivity contribution >= 4 is 18.4 Å². The number of rotatable bonds is 6. The third-order valence-electron chi connectivity index (χ3n) is 5.14. The molecule has 4 aromatic rings. The Labute approximate surface area is 182 Å². The molecule has 0 saturated heterocycles. The molecule has 0 aliphatic heterocycles. The molecule has 31 heavy (non-hydrogen) atoms. The quantitative estimate of drug-likeness (QED) is 0.279. The Morgan fingerprint density at radius 1 is 0.742 bits per heavy atom. The smallest absolute Gasteiger partial charge is 0.142 e. The number of carbonyl (C=O) groups excluding carboxylic acids is 1. The lowest BCUT2D eigenvalue weighted by molar-refractivity contribution is -0.104. The molecule has 152 valence electrons. The first-order valence-electron chi connectivity index (χ1n) is 10.3. The van der Waals surface area contributed by atoms with Gasteiger partial charge in [0.1, 0.15) is 12.1 Å². The third-order valence-corrected chi connectivity index (χ3v) is 5.14. The zero-order valence-corrected chi connectivity index (χ0v) is 17.7. The second-order valence-electron chi connectivity index (χ2n) is 7.41. The average molecular weight is 405 g/mol. The van der Waals surface area contributed by atoms with Gasteiger partial charge in [0, 0.05) is 16.7 Å². The van der Waals surface area contributed by atoms with Crippen LogP contribution in [0.4, 0.5) is 0 Å². The minimum atomic E-state index is 0.783. The highest BCUT2D eigenvalue weighted by Crippen LogP contribution is 2.33. The van der Waals surface area contributed by atoms with Crippen LogP contribution in [0.5, 0.6) is 0 Å². The predicted octanol–water partition coefficient (Wildman–Crippen LogP) is 6.96. The number of aldehydes is 1. The van der Waals surface area contributed by atoms with Gasteiger partial charge in [0.05, 0.1) is 11.4 Å². The molecule has 0 bridgehead atoms. The molecule has 0 aliphatic rings. The van der Waals surface area contributed by atoms with Crippen LogP contribution in [0.25, 0.3) is 46.1 Å². The number of allylic oxidation sites excluding steroid dienone is 2. The van der Waals surface area contributed by atoms with E-state index in [2.05, 4.69) is 66.5 Å². The second-order valence-corrected chi connectivity index (χ2v) is 7.41. The number of nitrogens with zero attached hydrogens (tertiary/aromatic N) is 1. The molecule has 0 spiro atoms. The molecule has 0 saturated carbocycles. The molecule has 0 atom stereocenters. The number of hydrogen-bond acceptors (Lipinski definition) is 2. The molecule has 0 aliphatic carbocycles. The van der Waals surface area contributed by atoms with Gasteiger partial charge in [0.25, 0.3) is 0 Å². The molecule has 1 aromatic heterocycles. The highest BCUT2D eigenvalue weighted by molar-refractivity contribution is 5.82. The number of benzene rings is 3. The van der Waals surface area contributed by atoms with E-state index in [9.17, 15) is 4.79 Å². The SMILES string of the molecule is C/C=C/c1ccc(-c2[nH]c(-c3ccc(C)cc3)nc2-c2ccc(/C=C/C=O)cc2)cc1. The van der Waals surface area contributed by atoms with E-state index in [1.165, 1.54) is 11.6 Å². The Morgan fingerprint density at radius 2 is 1.32 bits per heavy atom. The standard InChI is InChI=1S/C28H24N2O/c1-3-5-21-9-15-23(16-10-21)26-27(24-17-11-22(12-18-24)6-4-19-31)30-28(29-26)25-13-7-20(2)8-14-25/h3-19H,1-2H3,(H,29,30)/b5-3+,6-4+. The number of aromatic amines is 1. The van der Waals surface area contributed by atoms with E-state index in [1.54, 1.807) is 6.08 Å². The van der Waals surface area contributed by atoms with Gasteiger partial charge in [0.15, 0.2) is 0 Å². The first-order chi connectivity index (χ1) is 15.2. The lowest BCUT2D eigenvalue weighted by Gasteiger charge is -2.05. The van der Waals surface area contributed by atoms with Gasteiger partial charge in [-0.3, -0.25) is 4.79 Å². The van der Waals surface area contributed by atoms with E-state index in [4.69, 9.17) is 4.98 Å². The van der Waals surface area contributed by atoms with Crippen molar-refractivity contribution in [2.45, 2.75) is 13.8 Å². The van der Waals surface area contributed by atoms with Crippen LogP contribution in [0.2, 0.25) is 0 Å². The molecule has 3 heteroatoms. The summed E-state index contributed by atoms with van der Waals surface area (Å²) < 4.78 is 0. The molecular weight excluding hydrogens is 380 g/mol. The monoisotopic (exact) mass is 404 g/mol. The van der Waals surface area contributed by atoms with E-state index in [1.807, 2.05) is 37.3 Å². The van der Waals surface area contributed by atoms with Crippen LogP contribution < -0.4 is 0 Å². The van der Waals surface area contributed by atoms with Gasteiger partial charge in [-0.25, -0.2) is 4.98 Å².